The maximum Gasteiger partial charge on any atom is 0.416 e. The molecule has 0 bridgehead atoms. The van der Waals surface area contributed by atoms with E-state index in [2.05, 4.69) is 15.6 Å². The minimum absolute atomic E-state index is 0.280. The molecule has 138 valence electrons. The van der Waals surface area contributed by atoms with Crippen LogP contribution in [0.3, 0.4) is 0 Å². The fourth-order valence-electron chi connectivity index (χ4n) is 2.56. The van der Waals surface area contributed by atoms with Crippen LogP contribution in [0.2, 0.25) is 0 Å². The van der Waals surface area contributed by atoms with E-state index in [1.807, 2.05) is 24.3 Å². The van der Waals surface area contributed by atoms with Gasteiger partial charge in [0.15, 0.2) is 0 Å². The van der Waals surface area contributed by atoms with E-state index in [9.17, 15) is 18.0 Å². The molecule has 0 atom stereocenters. The lowest BCUT2D eigenvalue weighted by Gasteiger charge is -2.13. The van der Waals surface area contributed by atoms with E-state index < -0.39 is 11.7 Å². The number of nitrogens with one attached hydrogen (secondary N) is 2. The Morgan fingerprint density at radius 3 is 2.26 bits per heavy atom. The highest BCUT2D eigenvalue weighted by Gasteiger charge is 2.29. The molecule has 4 nitrogen and oxygen atoms in total. The Morgan fingerprint density at radius 2 is 1.67 bits per heavy atom. The van der Waals surface area contributed by atoms with Gasteiger partial charge in [0.05, 0.1) is 5.56 Å². The Morgan fingerprint density at radius 1 is 0.963 bits per heavy atom. The number of hydrogen-bond donors (Lipinski definition) is 2. The van der Waals surface area contributed by atoms with Crippen LogP contribution >= 0.6 is 0 Å². The summed E-state index contributed by atoms with van der Waals surface area (Å²) < 4.78 is 38.1. The van der Waals surface area contributed by atoms with Crippen LogP contribution in [-0.4, -0.2) is 17.9 Å². The lowest BCUT2D eigenvalue weighted by atomic mass is 10.0. The number of pyridine rings is 1. The SMILES string of the molecule is CNC(=O)c1ccc(-c2ccccc2Nc2ccc(C(F)(F)F)cc2)cn1. The molecule has 0 fully saturated rings. The second-order valence-electron chi connectivity index (χ2n) is 5.76. The van der Waals surface area contributed by atoms with E-state index in [0.29, 0.717) is 17.1 Å². The number of aromatic nitrogens is 1. The second kappa shape index (κ2) is 7.49. The van der Waals surface area contributed by atoms with Crippen LogP contribution in [0.15, 0.2) is 66.9 Å². The van der Waals surface area contributed by atoms with Crippen molar-refractivity contribution in [1.29, 1.82) is 0 Å². The third-order valence-corrected chi connectivity index (χ3v) is 3.95. The average Bonchev–Trinajstić information content (AvgIpc) is 2.68. The molecule has 1 aromatic heterocycles. The summed E-state index contributed by atoms with van der Waals surface area (Å²) in [5.41, 5.74) is 2.44. The topological polar surface area (TPSA) is 54.0 Å². The smallest absolute Gasteiger partial charge is 0.355 e. The van der Waals surface area contributed by atoms with Crippen LogP contribution in [0.1, 0.15) is 16.1 Å². The number of rotatable bonds is 4. The standard InChI is InChI=1S/C20H16F3N3O/c1-24-19(27)18-11-6-13(12-25-18)16-4-2-3-5-17(16)26-15-9-7-14(8-10-15)20(21,22)23/h2-12,26H,1H3,(H,24,27). The van der Waals surface area contributed by atoms with E-state index in [4.69, 9.17) is 0 Å². The van der Waals surface area contributed by atoms with Gasteiger partial charge in [0.1, 0.15) is 5.69 Å². The molecule has 0 radical (unpaired) electrons. The van der Waals surface area contributed by atoms with Gasteiger partial charge in [-0.2, -0.15) is 13.2 Å². The van der Waals surface area contributed by atoms with Gasteiger partial charge >= 0.3 is 6.18 Å². The van der Waals surface area contributed by atoms with Crippen LogP contribution < -0.4 is 10.6 Å². The van der Waals surface area contributed by atoms with Crippen LogP contribution in [0.25, 0.3) is 11.1 Å². The van der Waals surface area contributed by atoms with Gasteiger partial charge in [-0.15, -0.1) is 0 Å². The minimum atomic E-state index is -4.37. The van der Waals surface area contributed by atoms with Gasteiger partial charge in [-0.1, -0.05) is 24.3 Å². The second-order valence-corrected chi connectivity index (χ2v) is 5.76. The molecule has 0 aliphatic rings. The van der Waals surface area contributed by atoms with Crippen molar-refractivity contribution >= 4 is 17.3 Å². The first-order chi connectivity index (χ1) is 12.9. The summed E-state index contributed by atoms with van der Waals surface area (Å²) >= 11 is 0. The third-order valence-electron chi connectivity index (χ3n) is 3.95. The lowest BCUT2D eigenvalue weighted by Crippen LogP contribution is -2.18. The Balaban J connectivity index is 1.87. The molecule has 7 heteroatoms. The molecule has 3 rings (SSSR count). The van der Waals surface area contributed by atoms with Crippen LogP contribution in [0, 0.1) is 0 Å². The Labute approximate surface area is 154 Å². The molecule has 1 amide bonds. The number of hydrogen-bond acceptors (Lipinski definition) is 3. The maximum absolute atomic E-state index is 12.7. The molecule has 0 saturated carbocycles. The Hall–Kier alpha value is -3.35. The van der Waals surface area contributed by atoms with Crippen molar-refractivity contribution in [1.82, 2.24) is 10.3 Å². The first kappa shape index (κ1) is 18.4. The van der Waals surface area contributed by atoms with Crippen molar-refractivity contribution in [3.8, 4) is 11.1 Å². The quantitative estimate of drug-likeness (QED) is 0.688. The number of nitrogens with zero attached hydrogens (tertiary/aromatic N) is 1. The number of halogens is 3. The van der Waals surface area contributed by atoms with Crippen LogP contribution in [0.5, 0.6) is 0 Å². The van der Waals surface area contributed by atoms with E-state index in [0.717, 1.165) is 23.3 Å². The highest BCUT2D eigenvalue weighted by Crippen LogP contribution is 2.32. The van der Waals surface area contributed by atoms with E-state index in [1.165, 1.54) is 19.2 Å². The first-order valence-electron chi connectivity index (χ1n) is 8.10. The van der Waals surface area contributed by atoms with Gasteiger partial charge in [-0.3, -0.25) is 9.78 Å². The average molecular weight is 371 g/mol. The zero-order valence-electron chi connectivity index (χ0n) is 14.3. The zero-order valence-corrected chi connectivity index (χ0v) is 14.3. The minimum Gasteiger partial charge on any atom is -0.355 e. The number of benzene rings is 2. The summed E-state index contributed by atoms with van der Waals surface area (Å²) in [6.45, 7) is 0. The first-order valence-corrected chi connectivity index (χ1v) is 8.10. The summed E-state index contributed by atoms with van der Waals surface area (Å²) in [4.78, 5) is 15.7. The number of amides is 1. The van der Waals surface area contributed by atoms with Crippen LogP contribution in [0.4, 0.5) is 24.5 Å². The van der Waals surface area contributed by atoms with Crippen molar-refractivity contribution in [3.05, 3.63) is 78.1 Å². The van der Waals surface area contributed by atoms with Gasteiger partial charge in [0.25, 0.3) is 5.91 Å². The van der Waals surface area contributed by atoms with Gasteiger partial charge in [-0.05, 0) is 36.4 Å². The molecule has 1 heterocycles. The number of para-hydroxylation sites is 1. The van der Waals surface area contributed by atoms with Crippen molar-refractivity contribution in [2.75, 3.05) is 12.4 Å². The molecular formula is C20H16F3N3O. The van der Waals surface area contributed by atoms with E-state index >= 15 is 0 Å². The molecule has 2 N–H and O–H groups in total. The zero-order chi connectivity index (χ0) is 19.4. The summed E-state index contributed by atoms with van der Waals surface area (Å²) in [6, 6.07) is 15.6. The molecule has 0 aliphatic carbocycles. The number of anilines is 2. The molecule has 27 heavy (non-hydrogen) atoms. The predicted octanol–water partition coefficient (Wildman–Crippen LogP) is 4.87. The molecule has 3 aromatic rings. The van der Waals surface area contributed by atoms with Crippen molar-refractivity contribution < 1.29 is 18.0 Å². The largest absolute Gasteiger partial charge is 0.416 e. The Kier molecular flexibility index (Phi) is 5.12. The molecule has 0 saturated heterocycles. The number of carbonyl (C=O) groups is 1. The number of alkyl halides is 3. The van der Waals surface area contributed by atoms with Crippen LogP contribution in [-0.2, 0) is 6.18 Å². The molecule has 2 aromatic carbocycles. The van der Waals surface area contributed by atoms with Gasteiger partial charge in [-0.25, -0.2) is 0 Å². The highest BCUT2D eigenvalue weighted by molar-refractivity contribution is 5.92. The molecule has 0 unspecified atom stereocenters. The van der Waals surface area contributed by atoms with Gasteiger partial charge in [0.2, 0.25) is 0 Å². The third kappa shape index (κ3) is 4.25. The molecular weight excluding hydrogens is 355 g/mol. The van der Waals surface area contributed by atoms with Crippen molar-refractivity contribution in [2.24, 2.45) is 0 Å². The highest BCUT2D eigenvalue weighted by atomic mass is 19.4. The molecule has 0 spiro atoms. The number of carbonyl (C=O) groups excluding carboxylic acids is 1. The summed E-state index contributed by atoms with van der Waals surface area (Å²) in [5, 5.41) is 5.63. The lowest BCUT2D eigenvalue weighted by molar-refractivity contribution is -0.137. The Bertz CT molecular complexity index is 936. The fourth-order valence-corrected chi connectivity index (χ4v) is 2.56. The maximum atomic E-state index is 12.7. The fraction of sp³-hybridized carbons (Fsp3) is 0.100. The monoisotopic (exact) mass is 371 g/mol. The predicted molar refractivity (Wildman–Crippen MR) is 97.8 cm³/mol. The van der Waals surface area contributed by atoms with Gasteiger partial charge in [0, 0.05) is 35.7 Å². The van der Waals surface area contributed by atoms with E-state index in [1.54, 1.807) is 18.3 Å². The molecule has 0 aliphatic heterocycles. The normalized spacial score (nSPS) is 11.1. The summed E-state index contributed by atoms with van der Waals surface area (Å²) in [5.74, 6) is -0.280. The van der Waals surface area contributed by atoms with E-state index in [-0.39, 0.29) is 5.91 Å². The van der Waals surface area contributed by atoms with Crippen molar-refractivity contribution in [3.63, 3.8) is 0 Å². The van der Waals surface area contributed by atoms with Gasteiger partial charge < -0.3 is 10.6 Å². The van der Waals surface area contributed by atoms with Crippen molar-refractivity contribution in [2.45, 2.75) is 6.18 Å². The summed E-state index contributed by atoms with van der Waals surface area (Å²) in [7, 11) is 1.53. The summed E-state index contributed by atoms with van der Waals surface area (Å²) in [6.07, 6.45) is -2.79.